The van der Waals surface area contributed by atoms with Crippen LogP contribution >= 0.6 is 0 Å². The van der Waals surface area contributed by atoms with Gasteiger partial charge in [0.05, 0.1) is 17.7 Å². The highest BCUT2D eigenvalue weighted by Crippen LogP contribution is 2.15. The van der Waals surface area contributed by atoms with Crippen molar-refractivity contribution in [3.05, 3.63) is 65.2 Å². The topological polar surface area (TPSA) is 67.4 Å². The smallest absolute Gasteiger partial charge is 0.253 e. The van der Waals surface area contributed by atoms with Crippen LogP contribution in [0.25, 0.3) is 0 Å². The van der Waals surface area contributed by atoms with E-state index in [1.54, 1.807) is 31.4 Å². The number of ether oxygens (including phenoxy) is 1. The fourth-order valence-electron chi connectivity index (χ4n) is 2.39. The van der Waals surface area contributed by atoms with Crippen molar-refractivity contribution < 1.29 is 14.3 Å². The summed E-state index contributed by atoms with van der Waals surface area (Å²) >= 11 is 0. The molecule has 2 N–H and O–H groups in total. The first-order valence-electron chi connectivity index (χ1n) is 8.31. The minimum Gasteiger partial charge on any atom is -0.385 e. The van der Waals surface area contributed by atoms with Crippen molar-refractivity contribution in [2.24, 2.45) is 0 Å². The number of rotatable bonds is 8. The number of anilines is 1. The number of hydrogen-bond donors (Lipinski definition) is 2. The first-order valence-corrected chi connectivity index (χ1v) is 8.31. The summed E-state index contributed by atoms with van der Waals surface area (Å²) < 4.78 is 4.96. The third kappa shape index (κ3) is 6.04. The van der Waals surface area contributed by atoms with Gasteiger partial charge in [-0.1, -0.05) is 42.0 Å². The normalized spacial score (nSPS) is 10.3. The molecule has 0 saturated heterocycles. The molecule has 132 valence electrons. The van der Waals surface area contributed by atoms with E-state index in [1.807, 2.05) is 31.2 Å². The maximum Gasteiger partial charge on any atom is 0.253 e. The second kappa shape index (κ2) is 9.59. The minimum absolute atomic E-state index is 0.150. The van der Waals surface area contributed by atoms with Crippen molar-refractivity contribution >= 4 is 17.5 Å². The number of carbonyl (C=O) groups excluding carboxylic acids is 2. The van der Waals surface area contributed by atoms with Crippen LogP contribution in [0.3, 0.4) is 0 Å². The van der Waals surface area contributed by atoms with Crippen molar-refractivity contribution in [2.75, 3.05) is 25.6 Å². The molecule has 0 bridgehead atoms. The molecule has 0 aromatic heterocycles. The standard InChI is InChI=1S/C20H24N2O3/c1-15-8-10-16(11-9-15)14-19(23)22-18-7-4-3-6-17(18)20(24)21-12-5-13-25-2/h3-4,6-11H,5,12-14H2,1-2H3,(H,21,24)(H,22,23). The van der Waals surface area contributed by atoms with Crippen LogP contribution in [0, 0.1) is 6.92 Å². The van der Waals surface area contributed by atoms with Crippen molar-refractivity contribution in [1.82, 2.24) is 5.32 Å². The third-order valence-electron chi connectivity index (χ3n) is 3.74. The van der Waals surface area contributed by atoms with Crippen LogP contribution in [0.1, 0.15) is 27.9 Å². The molecule has 0 heterocycles. The molecule has 0 aliphatic carbocycles. The summed E-state index contributed by atoms with van der Waals surface area (Å²) in [6.45, 7) is 3.12. The van der Waals surface area contributed by atoms with Crippen LogP contribution in [0.2, 0.25) is 0 Å². The highest BCUT2D eigenvalue weighted by atomic mass is 16.5. The predicted molar refractivity (Wildman–Crippen MR) is 98.8 cm³/mol. The number of carbonyl (C=O) groups is 2. The average molecular weight is 340 g/mol. The summed E-state index contributed by atoms with van der Waals surface area (Å²) in [7, 11) is 1.63. The second-order valence-electron chi connectivity index (χ2n) is 5.86. The number of benzene rings is 2. The van der Waals surface area contributed by atoms with Crippen LogP contribution in [-0.4, -0.2) is 32.1 Å². The number of methoxy groups -OCH3 is 1. The van der Waals surface area contributed by atoms with Gasteiger partial charge in [-0.25, -0.2) is 0 Å². The van der Waals surface area contributed by atoms with Gasteiger partial charge >= 0.3 is 0 Å². The molecular formula is C20H24N2O3. The molecule has 2 amide bonds. The fourth-order valence-corrected chi connectivity index (χ4v) is 2.39. The van der Waals surface area contributed by atoms with Gasteiger partial charge in [-0.3, -0.25) is 9.59 Å². The van der Waals surface area contributed by atoms with Gasteiger partial charge in [0.1, 0.15) is 0 Å². The molecule has 0 saturated carbocycles. The van der Waals surface area contributed by atoms with E-state index >= 15 is 0 Å². The summed E-state index contributed by atoms with van der Waals surface area (Å²) in [5, 5.41) is 5.66. The van der Waals surface area contributed by atoms with Crippen LogP contribution in [0.15, 0.2) is 48.5 Å². The van der Waals surface area contributed by atoms with E-state index in [-0.39, 0.29) is 18.2 Å². The SMILES string of the molecule is COCCCNC(=O)c1ccccc1NC(=O)Cc1ccc(C)cc1. The molecule has 5 heteroatoms. The fraction of sp³-hybridized carbons (Fsp3) is 0.300. The van der Waals surface area contributed by atoms with E-state index in [2.05, 4.69) is 10.6 Å². The largest absolute Gasteiger partial charge is 0.385 e. The van der Waals surface area contributed by atoms with E-state index in [0.29, 0.717) is 24.4 Å². The summed E-state index contributed by atoms with van der Waals surface area (Å²) in [4.78, 5) is 24.6. The van der Waals surface area contributed by atoms with Crippen molar-refractivity contribution in [1.29, 1.82) is 0 Å². The molecule has 0 radical (unpaired) electrons. The zero-order valence-corrected chi connectivity index (χ0v) is 14.7. The molecule has 0 aliphatic heterocycles. The monoisotopic (exact) mass is 340 g/mol. The third-order valence-corrected chi connectivity index (χ3v) is 3.74. The number of aryl methyl sites for hydroxylation is 1. The Morgan fingerprint density at radius 2 is 1.76 bits per heavy atom. The minimum atomic E-state index is -0.206. The van der Waals surface area contributed by atoms with E-state index in [0.717, 1.165) is 17.5 Å². The van der Waals surface area contributed by atoms with Gasteiger partial charge in [-0.2, -0.15) is 0 Å². The Kier molecular flexibility index (Phi) is 7.16. The maximum atomic E-state index is 12.3. The van der Waals surface area contributed by atoms with Crippen LogP contribution in [0.5, 0.6) is 0 Å². The Morgan fingerprint density at radius 1 is 1.04 bits per heavy atom. The number of hydrogen-bond acceptors (Lipinski definition) is 3. The van der Waals surface area contributed by atoms with E-state index in [1.165, 1.54) is 0 Å². The lowest BCUT2D eigenvalue weighted by Crippen LogP contribution is -2.27. The average Bonchev–Trinajstić information content (AvgIpc) is 2.61. The molecule has 2 aromatic rings. The number of amides is 2. The highest BCUT2D eigenvalue weighted by Gasteiger charge is 2.13. The molecule has 0 unspecified atom stereocenters. The second-order valence-corrected chi connectivity index (χ2v) is 5.86. The zero-order chi connectivity index (χ0) is 18.1. The van der Waals surface area contributed by atoms with Crippen molar-refractivity contribution in [3.8, 4) is 0 Å². The van der Waals surface area contributed by atoms with Gasteiger partial charge in [0.2, 0.25) is 5.91 Å². The van der Waals surface area contributed by atoms with Gasteiger partial charge < -0.3 is 15.4 Å². The summed E-state index contributed by atoms with van der Waals surface area (Å²) in [6.07, 6.45) is 1.01. The highest BCUT2D eigenvalue weighted by molar-refractivity contribution is 6.04. The zero-order valence-electron chi connectivity index (χ0n) is 14.7. The van der Waals surface area contributed by atoms with Gasteiger partial charge in [0.25, 0.3) is 5.91 Å². The molecule has 0 fully saturated rings. The van der Waals surface area contributed by atoms with E-state index in [4.69, 9.17) is 4.74 Å². The lowest BCUT2D eigenvalue weighted by Gasteiger charge is -2.11. The molecule has 0 atom stereocenters. The summed E-state index contributed by atoms with van der Waals surface area (Å²) in [5.41, 5.74) is 3.06. The Morgan fingerprint density at radius 3 is 2.48 bits per heavy atom. The lowest BCUT2D eigenvalue weighted by atomic mass is 10.1. The Balaban J connectivity index is 1.98. The maximum absolute atomic E-state index is 12.3. The van der Waals surface area contributed by atoms with Gasteiger partial charge in [0.15, 0.2) is 0 Å². The number of nitrogens with one attached hydrogen (secondary N) is 2. The molecule has 2 rings (SSSR count). The van der Waals surface area contributed by atoms with Crippen molar-refractivity contribution in [2.45, 2.75) is 19.8 Å². The predicted octanol–water partition coefficient (Wildman–Crippen LogP) is 2.94. The van der Waals surface area contributed by atoms with Gasteiger partial charge in [-0.05, 0) is 31.0 Å². The molecule has 0 aliphatic rings. The Labute approximate surface area is 148 Å². The van der Waals surface area contributed by atoms with E-state index < -0.39 is 0 Å². The molecule has 5 nitrogen and oxygen atoms in total. The summed E-state index contributed by atoms with van der Waals surface area (Å²) in [5.74, 6) is -0.356. The summed E-state index contributed by atoms with van der Waals surface area (Å²) in [6, 6.07) is 14.8. The Hall–Kier alpha value is -2.66. The Bertz CT molecular complexity index is 711. The van der Waals surface area contributed by atoms with Crippen molar-refractivity contribution in [3.63, 3.8) is 0 Å². The van der Waals surface area contributed by atoms with E-state index in [9.17, 15) is 9.59 Å². The molecule has 2 aromatic carbocycles. The molecule has 25 heavy (non-hydrogen) atoms. The molecule has 0 spiro atoms. The lowest BCUT2D eigenvalue weighted by molar-refractivity contribution is -0.115. The quantitative estimate of drug-likeness (QED) is 0.726. The van der Waals surface area contributed by atoms with Gasteiger partial charge in [-0.15, -0.1) is 0 Å². The van der Waals surface area contributed by atoms with Crippen LogP contribution in [-0.2, 0) is 16.0 Å². The first-order chi connectivity index (χ1) is 12.1. The molecular weight excluding hydrogens is 316 g/mol. The van der Waals surface area contributed by atoms with Crippen LogP contribution < -0.4 is 10.6 Å². The van der Waals surface area contributed by atoms with Crippen LogP contribution in [0.4, 0.5) is 5.69 Å². The number of para-hydroxylation sites is 1. The van der Waals surface area contributed by atoms with Gasteiger partial charge in [0, 0.05) is 20.3 Å². The first kappa shape index (κ1) is 18.7.